The predicted octanol–water partition coefficient (Wildman–Crippen LogP) is 1.26. The zero-order chi connectivity index (χ0) is 13.0. The minimum Gasteiger partial charge on any atom is -0.489 e. The van der Waals surface area contributed by atoms with Crippen LogP contribution in [0.4, 0.5) is 4.39 Å². The molecule has 0 atom stereocenters. The van der Waals surface area contributed by atoms with E-state index in [0.29, 0.717) is 25.3 Å². The summed E-state index contributed by atoms with van der Waals surface area (Å²) in [4.78, 5) is 0. The fourth-order valence-corrected chi connectivity index (χ4v) is 1.52. The van der Waals surface area contributed by atoms with E-state index >= 15 is 0 Å². The normalized spacial score (nSPS) is 10.6. The van der Waals surface area contributed by atoms with Crippen molar-refractivity contribution in [3.05, 3.63) is 41.5 Å². The largest absolute Gasteiger partial charge is 0.489 e. The molecule has 0 spiro atoms. The van der Waals surface area contributed by atoms with Crippen molar-refractivity contribution in [2.75, 3.05) is 6.61 Å². The summed E-state index contributed by atoms with van der Waals surface area (Å²) in [5.41, 5.74) is 6.71. The minimum absolute atomic E-state index is 0.258. The monoisotopic (exact) mass is 250 g/mol. The first-order valence-corrected chi connectivity index (χ1v) is 5.67. The van der Waals surface area contributed by atoms with E-state index < -0.39 is 0 Å². The SMILES string of the molecule is Cc1cccc(OCCn2cc(CN)nn2)c1F. The molecule has 0 aliphatic heterocycles. The summed E-state index contributed by atoms with van der Waals surface area (Å²) < 4.78 is 20.6. The van der Waals surface area contributed by atoms with E-state index in [-0.39, 0.29) is 11.6 Å². The van der Waals surface area contributed by atoms with Gasteiger partial charge in [-0.3, -0.25) is 0 Å². The second-order valence-electron chi connectivity index (χ2n) is 3.91. The highest BCUT2D eigenvalue weighted by Crippen LogP contribution is 2.19. The van der Waals surface area contributed by atoms with E-state index in [0.717, 1.165) is 5.69 Å². The average Bonchev–Trinajstić information content (AvgIpc) is 2.82. The van der Waals surface area contributed by atoms with Crippen LogP contribution in [0.15, 0.2) is 24.4 Å². The van der Waals surface area contributed by atoms with Crippen LogP contribution in [0.3, 0.4) is 0 Å². The number of nitrogens with zero attached hydrogens (tertiary/aromatic N) is 3. The van der Waals surface area contributed by atoms with E-state index in [4.69, 9.17) is 10.5 Å². The molecule has 0 amide bonds. The van der Waals surface area contributed by atoms with Gasteiger partial charge in [0.25, 0.3) is 0 Å². The Kier molecular flexibility index (Phi) is 3.88. The Labute approximate surface area is 104 Å². The van der Waals surface area contributed by atoms with Gasteiger partial charge < -0.3 is 10.5 Å². The third-order valence-electron chi connectivity index (χ3n) is 2.53. The molecule has 0 saturated carbocycles. The van der Waals surface area contributed by atoms with Crippen molar-refractivity contribution in [3.8, 4) is 5.75 Å². The smallest absolute Gasteiger partial charge is 0.167 e. The quantitative estimate of drug-likeness (QED) is 0.867. The third kappa shape index (κ3) is 2.84. The van der Waals surface area contributed by atoms with E-state index in [1.165, 1.54) is 0 Å². The van der Waals surface area contributed by atoms with Crippen LogP contribution in [0.5, 0.6) is 5.75 Å². The molecule has 0 aliphatic carbocycles. The zero-order valence-corrected chi connectivity index (χ0v) is 10.1. The van der Waals surface area contributed by atoms with Gasteiger partial charge in [0.1, 0.15) is 6.61 Å². The number of nitrogens with two attached hydrogens (primary N) is 1. The van der Waals surface area contributed by atoms with Gasteiger partial charge in [-0.05, 0) is 18.6 Å². The minimum atomic E-state index is -0.321. The molecule has 96 valence electrons. The van der Waals surface area contributed by atoms with Crippen molar-refractivity contribution in [2.24, 2.45) is 5.73 Å². The second-order valence-corrected chi connectivity index (χ2v) is 3.91. The summed E-state index contributed by atoms with van der Waals surface area (Å²) in [6.07, 6.45) is 1.75. The van der Waals surface area contributed by atoms with Crippen molar-refractivity contribution in [2.45, 2.75) is 20.0 Å². The van der Waals surface area contributed by atoms with Gasteiger partial charge in [0.2, 0.25) is 0 Å². The van der Waals surface area contributed by atoms with Gasteiger partial charge in [-0.2, -0.15) is 0 Å². The van der Waals surface area contributed by atoms with Crippen LogP contribution >= 0.6 is 0 Å². The molecule has 2 N–H and O–H groups in total. The van der Waals surface area contributed by atoms with Gasteiger partial charge >= 0.3 is 0 Å². The van der Waals surface area contributed by atoms with Crippen molar-refractivity contribution in [3.63, 3.8) is 0 Å². The molecule has 2 rings (SSSR count). The Hall–Kier alpha value is -1.95. The molecule has 0 fully saturated rings. The molecule has 5 nitrogen and oxygen atoms in total. The van der Waals surface area contributed by atoms with Crippen molar-refractivity contribution < 1.29 is 9.13 Å². The number of benzene rings is 1. The number of ether oxygens (including phenoxy) is 1. The maximum atomic E-state index is 13.6. The van der Waals surface area contributed by atoms with Gasteiger partial charge in [0, 0.05) is 12.7 Å². The number of rotatable bonds is 5. The lowest BCUT2D eigenvalue weighted by Crippen LogP contribution is -2.09. The van der Waals surface area contributed by atoms with E-state index in [9.17, 15) is 4.39 Å². The Morgan fingerprint density at radius 3 is 3.00 bits per heavy atom. The molecular weight excluding hydrogens is 235 g/mol. The van der Waals surface area contributed by atoms with Crippen LogP contribution in [0, 0.1) is 12.7 Å². The summed E-state index contributed by atoms with van der Waals surface area (Å²) in [7, 11) is 0. The van der Waals surface area contributed by atoms with Crippen LogP contribution in [0.2, 0.25) is 0 Å². The summed E-state index contributed by atoms with van der Waals surface area (Å²) in [5, 5.41) is 7.72. The first kappa shape index (κ1) is 12.5. The van der Waals surface area contributed by atoms with Crippen LogP contribution in [-0.2, 0) is 13.1 Å². The highest BCUT2D eigenvalue weighted by molar-refractivity contribution is 5.29. The van der Waals surface area contributed by atoms with Crippen LogP contribution in [0.1, 0.15) is 11.3 Å². The van der Waals surface area contributed by atoms with E-state index in [1.807, 2.05) is 0 Å². The molecule has 0 aliphatic rings. The maximum Gasteiger partial charge on any atom is 0.167 e. The molecule has 1 heterocycles. The standard InChI is InChI=1S/C12H15FN4O/c1-9-3-2-4-11(12(9)13)18-6-5-17-8-10(7-14)15-16-17/h2-4,8H,5-7,14H2,1H3. The van der Waals surface area contributed by atoms with Gasteiger partial charge in [-0.15, -0.1) is 5.10 Å². The molecule has 0 unspecified atom stereocenters. The van der Waals surface area contributed by atoms with Gasteiger partial charge in [0.15, 0.2) is 11.6 Å². The van der Waals surface area contributed by atoms with E-state index in [2.05, 4.69) is 10.3 Å². The topological polar surface area (TPSA) is 66.0 Å². The second kappa shape index (κ2) is 5.59. The summed E-state index contributed by atoms with van der Waals surface area (Å²) in [6.45, 7) is 2.88. The molecular formula is C12H15FN4O. The molecule has 0 saturated heterocycles. The number of aryl methyl sites for hydroxylation is 1. The summed E-state index contributed by atoms with van der Waals surface area (Å²) >= 11 is 0. The first-order chi connectivity index (χ1) is 8.70. The van der Waals surface area contributed by atoms with Crippen molar-refractivity contribution in [1.29, 1.82) is 0 Å². The third-order valence-corrected chi connectivity index (χ3v) is 2.53. The molecule has 1 aromatic carbocycles. The van der Waals surface area contributed by atoms with Crippen molar-refractivity contribution in [1.82, 2.24) is 15.0 Å². The average molecular weight is 250 g/mol. The molecule has 2 aromatic rings. The maximum absolute atomic E-state index is 13.6. The van der Waals surface area contributed by atoms with Gasteiger partial charge in [-0.25, -0.2) is 9.07 Å². The van der Waals surface area contributed by atoms with Gasteiger partial charge in [-0.1, -0.05) is 17.3 Å². The van der Waals surface area contributed by atoms with Crippen molar-refractivity contribution >= 4 is 0 Å². The highest BCUT2D eigenvalue weighted by Gasteiger charge is 2.05. The zero-order valence-electron chi connectivity index (χ0n) is 10.1. The first-order valence-electron chi connectivity index (χ1n) is 5.67. The van der Waals surface area contributed by atoms with Gasteiger partial charge in [0.05, 0.1) is 12.2 Å². The lowest BCUT2D eigenvalue weighted by molar-refractivity contribution is 0.276. The fraction of sp³-hybridized carbons (Fsp3) is 0.333. The fourth-order valence-electron chi connectivity index (χ4n) is 1.52. The molecule has 0 bridgehead atoms. The van der Waals surface area contributed by atoms with Crippen LogP contribution < -0.4 is 10.5 Å². The number of halogens is 1. The molecule has 0 radical (unpaired) electrons. The molecule has 18 heavy (non-hydrogen) atoms. The highest BCUT2D eigenvalue weighted by atomic mass is 19.1. The summed E-state index contributed by atoms with van der Waals surface area (Å²) in [6, 6.07) is 5.07. The lowest BCUT2D eigenvalue weighted by Gasteiger charge is -2.08. The predicted molar refractivity (Wildman–Crippen MR) is 64.5 cm³/mol. The Balaban J connectivity index is 1.90. The lowest BCUT2D eigenvalue weighted by atomic mass is 10.2. The molecule has 6 heteroatoms. The number of hydrogen-bond acceptors (Lipinski definition) is 4. The Bertz CT molecular complexity index is 527. The Morgan fingerprint density at radius 1 is 1.44 bits per heavy atom. The number of hydrogen-bond donors (Lipinski definition) is 1. The molecule has 1 aromatic heterocycles. The van der Waals surface area contributed by atoms with Crippen LogP contribution in [-0.4, -0.2) is 21.6 Å². The summed E-state index contributed by atoms with van der Waals surface area (Å²) in [5.74, 6) is -0.0621. The number of aromatic nitrogens is 3. The van der Waals surface area contributed by atoms with Crippen LogP contribution in [0.25, 0.3) is 0 Å². The van der Waals surface area contributed by atoms with E-state index in [1.54, 1.807) is 36.0 Å². The Morgan fingerprint density at radius 2 is 2.28 bits per heavy atom.